The molecule has 0 spiro atoms. The van der Waals surface area contributed by atoms with Crippen molar-refractivity contribution in [3.8, 4) is 0 Å². The smallest absolute Gasteiger partial charge is 0.217 e. The van der Waals surface area contributed by atoms with E-state index < -0.39 is 0 Å². The van der Waals surface area contributed by atoms with Gasteiger partial charge < -0.3 is 10.7 Å². The number of nitrogens with two attached hydrogens (primary N) is 1. The minimum Gasteiger partial charge on any atom is -0.370 e. The molecule has 78 valence electrons. The summed E-state index contributed by atoms with van der Waals surface area (Å²) < 4.78 is 1.04. The summed E-state index contributed by atoms with van der Waals surface area (Å²) in [5, 5.41) is 1.14. The number of H-pyrrole nitrogens is 1. The lowest BCUT2D eigenvalue weighted by molar-refractivity contribution is -0.117. The summed E-state index contributed by atoms with van der Waals surface area (Å²) >= 11 is 3.43. The quantitative estimate of drug-likeness (QED) is 0.881. The Morgan fingerprint density at radius 3 is 3.00 bits per heavy atom. The van der Waals surface area contributed by atoms with Crippen molar-refractivity contribution in [1.82, 2.24) is 4.98 Å². The highest BCUT2D eigenvalue weighted by atomic mass is 79.9. The summed E-state index contributed by atoms with van der Waals surface area (Å²) in [5.74, 6) is -0.264. The number of hydrogen-bond donors (Lipinski definition) is 2. The van der Waals surface area contributed by atoms with Crippen LogP contribution < -0.4 is 5.73 Å². The number of carbonyl (C=O) groups is 1. The van der Waals surface area contributed by atoms with E-state index in [1.807, 2.05) is 24.4 Å². The molecule has 2 aromatic rings. The highest BCUT2D eigenvalue weighted by Gasteiger charge is 2.05. The molecule has 0 bridgehead atoms. The van der Waals surface area contributed by atoms with Crippen molar-refractivity contribution in [2.75, 3.05) is 0 Å². The van der Waals surface area contributed by atoms with Gasteiger partial charge in [0.1, 0.15) is 0 Å². The highest BCUT2D eigenvalue weighted by Crippen LogP contribution is 2.23. The molecule has 3 nitrogen and oxygen atoms in total. The Kier molecular flexibility index (Phi) is 2.77. The zero-order valence-electron chi connectivity index (χ0n) is 8.09. The number of rotatable bonds is 3. The fourth-order valence-electron chi connectivity index (χ4n) is 1.62. The summed E-state index contributed by atoms with van der Waals surface area (Å²) in [6.07, 6.45) is 3.01. The van der Waals surface area contributed by atoms with Crippen LogP contribution in [0.1, 0.15) is 12.0 Å². The van der Waals surface area contributed by atoms with Crippen LogP contribution in [0.4, 0.5) is 0 Å². The molecular formula is C11H11BrN2O. The normalized spacial score (nSPS) is 10.7. The zero-order valence-corrected chi connectivity index (χ0v) is 9.67. The lowest BCUT2D eigenvalue weighted by atomic mass is 10.1. The lowest BCUT2D eigenvalue weighted by Gasteiger charge is -1.97. The molecule has 0 atom stereocenters. The van der Waals surface area contributed by atoms with Crippen molar-refractivity contribution in [3.63, 3.8) is 0 Å². The molecule has 0 radical (unpaired) electrons. The predicted molar refractivity (Wildman–Crippen MR) is 63.5 cm³/mol. The van der Waals surface area contributed by atoms with Gasteiger partial charge in [-0.3, -0.25) is 4.79 Å². The van der Waals surface area contributed by atoms with Gasteiger partial charge >= 0.3 is 0 Å². The Labute approximate surface area is 95.8 Å². The van der Waals surface area contributed by atoms with Crippen LogP contribution in [-0.2, 0) is 11.2 Å². The number of carbonyl (C=O) groups excluding carboxylic acids is 1. The van der Waals surface area contributed by atoms with E-state index in [0.29, 0.717) is 12.8 Å². The number of nitrogens with one attached hydrogen (secondary N) is 1. The molecule has 0 saturated heterocycles. The lowest BCUT2D eigenvalue weighted by Crippen LogP contribution is -2.10. The third-order valence-corrected chi connectivity index (χ3v) is 2.86. The summed E-state index contributed by atoms with van der Waals surface area (Å²) in [6.45, 7) is 0. The Hall–Kier alpha value is -1.29. The fourth-order valence-corrected chi connectivity index (χ4v) is 1.98. The van der Waals surface area contributed by atoms with Crippen LogP contribution in [0.2, 0.25) is 0 Å². The number of primary amides is 1. The molecule has 1 aromatic carbocycles. The number of aryl methyl sites for hydroxylation is 1. The van der Waals surface area contributed by atoms with Crippen molar-refractivity contribution < 1.29 is 4.79 Å². The van der Waals surface area contributed by atoms with E-state index in [-0.39, 0.29) is 5.91 Å². The summed E-state index contributed by atoms with van der Waals surface area (Å²) in [6, 6.07) is 6.03. The van der Waals surface area contributed by atoms with Crippen molar-refractivity contribution in [2.24, 2.45) is 5.73 Å². The molecule has 0 aliphatic carbocycles. The maximum atomic E-state index is 10.7. The summed E-state index contributed by atoms with van der Waals surface area (Å²) in [5.41, 5.74) is 7.34. The molecule has 0 fully saturated rings. The number of fused-ring (bicyclic) bond motifs is 1. The Morgan fingerprint density at radius 2 is 2.27 bits per heavy atom. The van der Waals surface area contributed by atoms with E-state index >= 15 is 0 Å². The maximum absolute atomic E-state index is 10.7. The number of aromatic nitrogens is 1. The van der Waals surface area contributed by atoms with E-state index in [4.69, 9.17) is 5.73 Å². The number of halogens is 1. The van der Waals surface area contributed by atoms with Crippen LogP contribution in [-0.4, -0.2) is 10.9 Å². The van der Waals surface area contributed by atoms with Gasteiger partial charge in [-0.05, 0) is 30.2 Å². The molecule has 0 saturated carbocycles. The third kappa shape index (κ3) is 2.21. The molecule has 15 heavy (non-hydrogen) atoms. The van der Waals surface area contributed by atoms with Crippen LogP contribution in [0.15, 0.2) is 28.9 Å². The summed E-state index contributed by atoms with van der Waals surface area (Å²) in [4.78, 5) is 13.9. The van der Waals surface area contributed by atoms with Gasteiger partial charge in [-0.25, -0.2) is 0 Å². The maximum Gasteiger partial charge on any atom is 0.217 e. The molecule has 1 amide bonds. The first-order valence-electron chi connectivity index (χ1n) is 4.70. The molecule has 1 aromatic heterocycles. The first-order valence-corrected chi connectivity index (χ1v) is 5.50. The molecule has 1 heterocycles. The van der Waals surface area contributed by atoms with Gasteiger partial charge in [0, 0.05) is 28.0 Å². The average Bonchev–Trinajstić information content (AvgIpc) is 2.57. The molecule has 0 aliphatic heterocycles. The van der Waals surface area contributed by atoms with Crippen LogP contribution in [0.5, 0.6) is 0 Å². The largest absolute Gasteiger partial charge is 0.370 e. The molecule has 3 N–H and O–H groups in total. The van der Waals surface area contributed by atoms with Gasteiger partial charge in [0.05, 0.1) is 0 Å². The van der Waals surface area contributed by atoms with Gasteiger partial charge in [0.25, 0.3) is 0 Å². The van der Waals surface area contributed by atoms with Gasteiger partial charge in [0.2, 0.25) is 5.91 Å². The van der Waals surface area contributed by atoms with E-state index in [1.54, 1.807) is 0 Å². The number of benzene rings is 1. The van der Waals surface area contributed by atoms with Crippen molar-refractivity contribution in [1.29, 1.82) is 0 Å². The molecular weight excluding hydrogens is 256 g/mol. The second kappa shape index (κ2) is 4.06. The third-order valence-electron chi connectivity index (χ3n) is 2.37. The van der Waals surface area contributed by atoms with Crippen LogP contribution in [0, 0.1) is 0 Å². The van der Waals surface area contributed by atoms with Crippen molar-refractivity contribution in [2.45, 2.75) is 12.8 Å². The van der Waals surface area contributed by atoms with E-state index in [9.17, 15) is 4.79 Å². The monoisotopic (exact) mass is 266 g/mol. The number of aromatic amines is 1. The zero-order chi connectivity index (χ0) is 10.8. The minimum absolute atomic E-state index is 0.264. The highest BCUT2D eigenvalue weighted by molar-refractivity contribution is 9.10. The second-order valence-electron chi connectivity index (χ2n) is 3.47. The average molecular weight is 267 g/mol. The molecule has 4 heteroatoms. The van der Waals surface area contributed by atoms with E-state index in [2.05, 4.69) is 20.9 Å². The van der Waals surface area contributed by atoms with Gasteiger partial charge in [-0.15, -0.1) is 0 Å². The van der Waals surface area contributed by atoms with Crippen LogP contribution >= 0.6 is 15.9 Å². The standard InChI is InChI=1S/C11H11BrN2O/c12-8-2-3-10-9(5-8)7(6-14-10)1-4-11(13)15/h2-3,5-6,14H,1,4H2,(H2,13,15). The molecule has 2 rings (SSSR count). The predicted octanol–water partition coefficient (Wildman–Crippen LogP) is 2.35. The SMILES string of the molecule is NC(=O)CCc1c[nH]c2ccc(Br)cc12. The Morgan fingerprint density at radius 1 is 1.47 bits per heavy atom. The van der Waals surface area contributed by atoms with Crippen molar-refractivity contribution >= 4 is 32.7 Å². The van der Waals surface area contributed by atoms with Crippen molar-refractivity contribution in [3.05, 3.63) is 34.4 Å². The number of hydrogen-bond acceptors (Lipinski definition) is 1. The summed E-state index contributed by atoms with van der Waals surface area (Å²) in [7, 11) is 0. The Balaban J connectivity index is 2.35. The van der Waals surface area contributed by atoms with E-state index in [0.717, 1.165) is 20.9 Å². The number of amides is 1. The van der Waals surface area contributed by atoms with Crippen LogP contribution in [0.25, 0.3) is 10.9 Å². The van der Waals surface area contributed by atoms with Gasteiger partial charge in [0.15, 0.2) is 0 Å². The second-order valence-corrected chi connectivity index (χ2v) is 4.39. The molecule has 0 aliphatic rings. The van der Waals surface area contributed by atoms with Crippen LogP contribution in [0.3, 0.4) is 0 Å². The van der Waals surface area contributed by atoms with E-state index in [1.165, 1.54) is 0 Å². The Bertz CT molecular complexity index is 504. The first kappa shape index (κ1) is 10.2. The van der Waals surface area contributed by atoms with Gasteiger partial charge in [-0.1, -0.05) is 15.9 Å². The first-order chi connectivity index (χ1) is 7.16. The fraction of sp³-hybridized carbons (Fsp3) is 0.182. The topological polar surface area (TPSA) is 58.9 Å². The van der Waals surface area contributed by atoms with Gasteiger partial charge in [-0.2, -0.15) is 0 Å². The minimum atomic E-state index is -0.264. The molecule has 0 unspecified atom stereocenters.